The first-order valence-electron chi connectivity index (χ1n) is 8.28. The molecule has 0 atom stereocenters. The number of carbonyl (C=O) groups is 2. The lowest BCUT2D eigenvalue weighted by Gasteiger charge is -2.25. The molecule has 0 bridgehead atoms. The molecule has 1 fully saturated rings. The van der Waals surface area contributed by atoms with E-state index < -0.39 is 28.1 Å². The molecule has 2 amide bonds. The van der Waals surface area contributed by atoms with Gasteiger partial charge in [0.25, 0.3) is 10.0 Å². The SMILES string of the molecule is Cc1cc(C)nc(NC(=O)NS(=O)(=O)c2ccccc2C(=O)OC2COC2)n1. The van der Waals surface area contributed by atoms with Crippen molar-refractivity contribution in [3.8, 4) is 0 Å². The fraction of sp³-hybridized carbons (Fsp3) is 0.294. The molecule has 2 aromatic rings. The maximum absolute atomic E-state index is 12.6. The minimum absolute atomic E-state index is 0.0390. The number of amides is 2. The summed E-state index contributed by atoms with van der Waals surface area (Å²) in [7, 11) is -4.35. The first-order valence-corrected chi connectivity index (χ1v) is 9.77. The van der Waals surface area contributed by atoms with Gasteiger partial charge >= 0.3 is 12.0 Å². The van der Waals surface area contributed by atoms with E-state index in [0.717, 1.165) is 0 Å². The van der Waals surface area contributed by atoms with Crippen LogP contribution in [0.25, 0.3) is 0 Å². The normalized spacial score (nSPS) is 14.1. The maximum Gasteiger partial charge on any atom is 0.339 e. The molecular weight excluding hydrogens is 388 g/mol. The highest BCUT2D eigenvalue weighted by Crippen LogP contribution is 2.18. The van der Waals surface area contributed by atoms with Crippen LogP contribution in [0.4, 0.5) is 10.7 Å². The van der Waals surface area contributed by atoms with Crippen LogP contribution in [-0.2, 0) is 19.5 Å². The number of anilines is 1. The van der Waals surface area contributed by atoms with Gasteiger partial charge in [-0.2, -0.15) is 0 Å². The van der Waals surface area contributed by atoms with Gasteiger partial charge in [-0.25, -0.2) is 32.7 Å². The van der Waals surface area contributed by atoms with Crippen molar-refractivity contribution in [1.82, 2.24) is 14.7 Å². The zero-order valence-corrected chi connectivity index (χ0v) is 15.9. The molecule has 148 valence electrons. The molecule has 3 rings (SSSR count). The topological polar surface area (TPSA) is 137 Å². The van der Waals surface area contributed by atoms with Crippen LogP contribution in [0.15, 0.2) is 35.2 Å². The number of urea groups is 1. The molecule has 1 aliphatic rings. The molecule has 0 spiro atoms. The quantitative estimate of drug-likeness (QED) is 0.706. The van der Waals surface area contributed by atoms with Gasteiger partial charge < -0.3 is 9.47 Å². The van der Waals surface area contributed by atoms with Crippen molar-refractivity contribution in [3.05, 3.63) is 47.3 Å². The number of nitrogens with zero attached hydrogens (tertiary/aromatic N) is 2. The van der Waals surface area contributed by atoms with Crippen molar-refractivity contribution in [2.75, 3.05) is 18.5 Å². The largest absolute Gasteiger partial charge is 0.454 e. The molecule has 1 aromatic heterocycles. The third-order valence-corrected chi connectivity index (χ3v) is 5.10. The van der Waals surface area contributed by atoms with Crippen LogP contribution < -0.4 is 10.0 Å². The molecule has 11 heteroatoms. The number of nitrogens with one attached hydrogen (secondary N) is 2. The first-order chi connectivity index (χ1) is 13.2. The average molecular weight is 406 g/mol. The Bertz CT molecular complexity index is 1000. The van der Waals surface area contributed by atoms with Gasteiger partial charge in [0.2, 0.25) is 5.95 Å². The average Bonchev–Trinajstić information content (AvgIpc) is 2.56. The van der Waals surface area contributed by atoms with Gasteiger partial charge in [-0.15, -0.1) is 0 Å². The number of sulfonamides is 1. The lowest BCUT2D eigenvalue weighted by Crippen LogP contribution is -2.39. The van der Waals surface area contributed by atoms with E-state index >= 15 is 0 Å². The van der Waals surface area contributed by atoms with Crippen LogP contribution >= 0.6 is 0 Å². The molecule has 1 saturated heterocycles. The van der Waals surface area contributed by atoms with Crippen molar-refractivity contribution >= 4 is 28.0 Å². The zero-order chi connectivity index (χ0) is 20.3. The second kappa shape index (κ2) is 7.90. The lowest BCUT2D eigenvalue weighted by atomic mass is 10.2. The van der Waals surface area contributed by atoms with Crippen LogP contribution in [0, 0.1) is 13.8 Å². The van der Waals surface area contributed by atoms with E-state index in [1.807, 2.05) is 4.72 Å². The maximum atomic E-state index is 12.6. The Morgan fingerprint density at radius 1 is 1.14 bits per heavy atom. The molecule has 0 saturated carbocycles. The van der Waals surface area contributed by atoms with E-state index in [0.29, 0.717) is 11.4 Å². The van der Waals surface area contributed by atoms with E-state index in [1.54, 1.807) is 19.9 Å². The van der Waals surface area contributed by atoms with E-state index in [2.05, 4.69) is 15.3 Å². The summed E-state index contributed by atoms with van der Waals surface area (Å²) < 4.78 is 37.2. The highest BCUT2D eigenvalue weighted by molar-refractivity contribution is 7.90. The summed E-state index contributed by atoms with van der Waals surface area (Å²) in [6.07, 6.45) is -0.416. The number of benzene rings is 1. The van der Waals surface area contributed by atoms with Gasteiger partial charge in [-0.05, 0) is 32.0 Å². The molecule has 2 heterocycles. The van der Waals surface area contributed by atoms with Crippen molar-refractivity contribution in [1.29, 1.82) is 0 Å². The first kappa shape index (κ1) is 19.7. The third-order valence-electron chi connectivity index (χ3n) is 3.71. The number of ether oxygens (including phenoxy) is 2. The summed E-state index contributed by atoms with van der Waals surface area (Å²) in [5.41, 5.74) is 1.04. The molecule has 1 aromatic carbocycles. The van der Waals surface area contributed by atoms with Gasteiger partial charge in [0.05, 0.1) is 18.8 Å². The Morgan fingerprint density at radius 2 is 1.79 bits per heavy atom. The number of esters is 1. The number of carbonyl (C=O) groups excluding carboxylic acids is 2. The molecular formula is C17H18N4O6S. The van der Waals surface area contributed by atoms with Crippen molar-refractivity contribution < 1.29 is 27.5 Å². The molecule has 0 aliphatic carbocycles. The van der Waals surface area contributed by atoms with Crippen molar-refractivity contribution in [2.45, 2.75) is 24.8 Å². The summed E-state index contributed by atoms with van der Waals surface area (Å²) in [6, 6.07) is 6.09. The fourth-order valence-electron chi connectivity index (χ4n) is 2.45. The standard InChI is InChI=1S/C17H18N4O6S/c1-10-7-11(2)19-16(18-10)20-17(23)21-28(24,25)14-6-4-3-5-13(14)15(22)27-12-8-26-9-12/h3-7,12H,8-9H2,1-2H3,(H2,18,19,20,21,23). The Labute approximate surface area is 161 Å². The predicted molar refractivity (Wildman–Crippen MR) is 97.3 cm³/mol. The Kier molecular flexibility index (Phi) is 5.56. The van der Waals surface area contributed by atoms with Crippen LogP contribution in [0.5, 0.6) is 0 Å². The molecule has 28 heavy (non-hydrogen) atoms. The minimum Gasteiger partial charge on any atom is -0.454 e. The van der Waals surface area contributed by atoms with Crippen molar-refractivity contribution in [2.24, 2.45) is 0 Å². The lowest BCUT2D eigenvalue weighted by molar-refractivity contribution is -0.103. The molecule has 1 aliphatic heterocycles. The number of rotatable bonds is 5. The van der Waals surface area contributed by atoms with E-state index in [9.17, 15) is 18.0 Å². The van der Waals surface area contributed by atoms with Crippen LogP contribution in [-0.4, -0.2) is 49.7 Å². The van der Waals surface area contributed by atoms with Crippen LogP contribution in [0.1, 0.15) is 21.7 Å². The van der Waals surface area contributed by atoms with Crippen LogP contribution in [0.2, 0.25) is 0 Å². The summed E-state index contributed by atoms with van der Waals surface area (Å²) in [5, 5.41) is 2.26. The molecule has 0 radical (unpaired) electrons. The number of hydrogen-bond acceptors (Lipinski definition) is 8. The van der Waals surface area contributed by atoms with Gasteiger partial charge in [0, 0.05) is 11.4 Å². The van der Waals surface area contributed by atoms with E-state index in [-0.39, 0.29) is 29.6 Å². The summed E-state index contributed by atoms with van der Waals surface area (Å²) >= 11 is 0. The Balaban J connectivity index is 1.76. The van der Waals surface area contributed by atoms with E-state index in [4.69, 9.17) is 9.47 Å². The monoisotopic (exact) mass is 406 g/mol. The molecule has 10 nitrogen and oxygen atoms in total. The second-order valence-electron chi connectivity index (χ2n) is 6.09. The van der Waals surface area contributed by atoms with Crippen LogP contribution in [0.3, 0.4) is 0 Å². The summed E-state index contributed by atoms with van der Waals surface area (Å²) in [4.78, 5) is 32.0. The van der Waals surface area contributed by atoms with Crippen molar-refractivity contribution in [3.63, 3.8) is 0 Å². The second-order valence-corrected chi connectivity index (χ2v) is 7.75. The highest BCUT2D eigenvalue weighted by atomic mass is 32.2. The summed E-state index contributed by atoms with van der Waals surface area (Å²) in [6.45, 7) is 3.95. The fourth-order valence-corrected chi connectivity index (χ4v) is 3.56. The third kappa shape index (κ3) is 4.61. The number of hydrogen-bond donors (Lipinski definition) is 2. The Hall–Kier alpha value is -3.05. The minimum atomic E-state index is -4.35. The summed E-state index contributed by atoms with van der Waals surface area (Å²) in [5.74, 6) is -0.852. The molecule has 0 unspecified atom stereocenters. The predicted octanol–water partition coefficient (Wildman–Crippen LogP) is 1.16. The molecule has 2 N–H and O–H groups in total. The van der Waals surface area contributed by atoms with Gasteiger partial charge in [0.15, 0.2) is 0 Å². The number of aromatic nitrogens is 2. The van der Waals surface area contributed by atoms with Gasteiger partial charge in [-0.1, -0.05) is 12.1 Å². The van der Waals surface area contributed by atoms with E-state index in [1.165, 1.54) is 24.3 Å². The number of aryl methyl sites for hydroxylation is 2. The van der Waals surface area contributed by atoms with Gasteiger partial charge in [0.1, 0.15) is 11.0 Å². The smallest absolute Gasteiger partial charge is 0.339 e. The van der Waals surface area contributed by atoms with Gasteiger partial charge in [-0.3, -0.25) is 5.32 Å². The zero-order valence-electron chi connectivity index (χ0n) is 15.1. The Morgan fingerprint density at radius 3 is 2.39 bits per heavy atom. The highest BCUT2D eigenvalue weighted by Gasteiger charge is 2.29.